The normalized spacial score (nSPS) is 17.2. The summed E-state index contributed by atoms with van der Waals surface area (Å²) in [6.45, 7) is 4.38. The molecule has 1 atom stereocenters. The Balaban J connectivity index is 1.79. The first-order valence-corrected chi connectivity index (χ1v) is 10.2. The monoisotopic (exact) mass is 409 g/mol. The van der Waals surface area contributed by atoms with Gasteiger partial charge in [-0.05, 0) is 49.6 Å². The molecule has 0 aliphatic carbocycles. The topological polar surface area (TPSA) is 71.1 Å². The van der Waals surface area contributed by atoms with Crippen LogP contribution >= 0.6 is 0 Å². The number of rotatable bonds is 5. The average molecular weight is 409 g/mol. The van der Waals surface area contributed by atoms with E-state index in [1.165, 1.54) is 0 Å². The first kappa shape index (κ1) is 20.1. The number of para-hydroxylation sites is 1. The fourth-order valence-electron chi connectivity index (χ4n) is 4.37. The maximum absolute atomic E-state index is 13.4. The number of urea groups is 1. The van der Waals surface area contributed by atoms with E-state index in [0.29, 0.717) is 24.5 Å². The Kier molecular flexibility index (Phi) is 5.28. The summed E-state index contributed by atoms with van der Waals surface area (Å²) < 4.78 is 11.0. The molecule has 2 heterocycles. The number of ether oxygens (including phenoxy) is 2. The summed E-state index contributed by atoms with van der Waals surface area (Å²) in [5.41, 5.74) is 3.95. The van der Waals surface area contributed by atoms with Gasteiger partial charge in [0.1, 0.15) is 6.54 Å². The van der Waals surface area contributed by atoms with E-state index in [4.69, 9.17) is 9.47 Å². The maximum Gasteiger partial charge on any atom is 0.325 e. The highest BCUT2D eigenvalue weighted by Crippen LogP contribution is 2.46. The predicted molar refractivity (Wildman–Crippen MR) is 114 cm³/mol. The second kappa shape index (κ2) is 7.89. The number of amides is 3. The van der Waals surface area contributed by atoms with E-state index in [1.807, 2.05) is 55.1 Å². The molecule has 0 radical (unpaired) electrons. The van der Waals surface area contributed by atoms with Crippen LogP contribution in [0.4, 0.5) is 10.5 Å². The van der Waals surface area contributed by atoms with Crippen molar-refractivity contribution in [1.82, 2.24) is 10.2 Å². The summed E-state index contributed by atoms with van der Waals surface area (Å²) in [6.07, 6.45) is 0.714. The van der Waals surface area contributed by atoms with E-state index in [1.54, 1.807) is 19.1 Å². The summed E-state index contributed by atoms with van der Waals surface area (Å²) in [5.74, 6) is 1.16. The minimum Gasteiger partial charge on any atom is -0.493 e. The fourth-order valence-corrected chi connectivity index (χ4v) is 4.37. The molecule has 158 valence electrons. The quantitative estimate of drug-likeness (QED) is 0.824. The molecule has 7 nitrogen and oxygen atoms in total. The number of nitrogens with one attached hydrogen (secondary N) is 1. The lowest BCUT2D eigenvalue weighted by molar-refractivity contribution is -0.120. The van der Waals surface area contributed by atoms with Crippen molar-refractivity contribution in [2.75, 3.05) is 32.2 Å². The van der Waals surface area contributed by atoms with Crippen LogP contribution < -0.4 is 19.7 Å². The van der Waals surface area contributed by atoms with Crippen molar-refractivity contribution in [2.45, 2.75) is 32.4 Å². The molecule has 0 bridgehead atoms. The molecular formula is C23H27N3O4. The number of anilines is 1. The second-order valence-electron chi connectivity index (χ2n) is 7.90. The smallest absolute Gasteiger partial charge is 0.325 e. The number of carbonyl (C=O) groups is 2. The van der Waals surface area contributed by atoms with E-state index in [-0.39, 0.29) is 30.6 Å². The number of fused-ring (bicyclic) bond motifs is 5. The van der Waals surface area contributed by atoms with Crippen LogP contribution in [0, 0.1) is 0 Å². The van der Waals surface area contributed by atoms with Gasteiger partial charge in [0.05, 0.1) is 25.9 Å². The summed E-state index contributed by atoms with van der Waals surface area (Å²) in [6, 6.07) is 11.4. The van der Waals surface area contributed by atoms with Gasteiger partial charge in [-0.25, -0.2) is 4.79 Å². The zero-order valence-corrected chi connectivity index (χ0v) is 17.8. The van der Waals surface area contributed by atoms with Crippen molar-refractivity contribution in [3.05, 3.63) is 53.1 Å². The highest BCUT2D eigenvalue weighted by molar-refractivity contribution is 6.01. The van der Waals surface area contributed by atoms with Crippen molar-refractivity contribution in [1.29, 1.82) is 0 Å². The first-order chi connectivity index (χ1) is 14.4. The first-order valence-electron chi connectivity index (χ1n) is 10.2. The van der Waals surface area contributed by atoms with E-state index in [9.17, 15) is 9.59 Å². The van der Waals surface area contributed by atoms with Crippen molar-refractivity contribution in [2.24, 2.45) is 0 Å². The molecule has 4 rings (SSSR count). The van der Waals surface area contributed by atoms with Crippen LogP contribution in [0.25, 0.3) is 0 Å². The van der Waals surface area contributed by atoms with Crippen LogP contribution in [0.5, 0.6) is 11.5 Å². The molecule has 2 aliphatic heterocycles. The highest BCUT2D eigenvalue weighted by atomic mass is 16.5. The number of benzene rings is 2. The Morgan fingerprint density at radius 3 is 2.53 bits per heavy atom. The molecule has 1 N–H and O–H groups in total. The SMILES string of the molecule is COc1cc2c(cc1OC)C1c3ccccc3N(CC(=O)NC(C)C)C(=O)N1CC2. The predicted octanol–water partition coefficient (Wildman–Crippen LogP) is 3.12. The third-order valence-electron chi connectivity index (χ3n) is 5.62. The lowest BCUT2D eigenvalue weighted by Gasteiger charge is -2.45. The van der Waals surface area contributed by atoms with Gasteiger partial charge in [0.2, 0.25) is 5.91 Å². The molecule has 0 saturated carbocycles. The maximum atomic E-state index is 13.4. The minimum atomic E-state index is -0.221. The van der Waals surface area contributed by atoms with Gasteiger partial charge in [0.25, 0.3) is 0 Å². The molecule has 0 aromatic heterocycles. The Morgan fingerprint density at radius 1 is 1.13 bits per heavy atom. The van der Waals surface area contributed by atoms with Crippen LogP contribution in [0.15, 0.2) is 36.4 Å². The van der Waals surface area contributed by atoms with Gasteiger partial charge in [-0.2, -0.15) is 0 Å². The molecule has 0 saturated heterocycles. The number of hydrogen-bond acceptors (Lipinski definition) is 4. The number of hydrogen-bond donors (Lipinski definition) is 1. The molecule has 7 heteroatoms. The number of carbonyl (C=O) groups excluding carboxylic acids is 2. The lowest BCUT2D eigenvalue weighted by Crippen LogP contribution is -2.54. The molecule has 3 amide bonds. The highest BCUT2D eigenvalue weighted by Gasteiger charge is 2.42. The molecule has 0 spiro atoms. The van der Waals surface area contributed by atoms with E-state index in [0.717, 1.165) is 22.4 Å². The van der Waals surface area contributed by atoms with E-state index in [2.05, 4.69) is 5.32 Å². The van der Waals surface area contributed by atoms with Crippen LogP contribution in [-0.4, -0.2) is 50.2 Å². The largest absolute Gasteiger partial charge is 0.493 e. The Bertz CT molecular complexity index is 988. The van der Waals surface area contributed by atoms with Crippen molar-refractivity contribution >= 4 is 17.6 Å². The van der Waals surface area contributed by atoms with Crippen molar-refractivity contribution in [3.8, 4) is 11.5 Å². The van der Waals surface area contributed by atoms with Gasteiger partial charge in [-0.3, -0.25) is 9.69 Å². The standard InChI is InChI=1S/C23H27N3O4/c1-14(2)24-21(27)13-26-18-8-6-5-7-16(18)22-17-12-20(30-4)19(29-3)11-15(17)9-10-25(22)23(26)28/h5-8,11-12,14,22H,9-10,13H2,1-4H3,(H,24,27). The van der Waals surface area contributed by atoms with Gasteiger partial charge in [0.15, 0.2) is 11.5 Å². The summed E-state index contributed by atoms with van der Waals surface area (Å²) in [7, 11) is 3.23. The van der Waals surface area contributed by atoms with Gasteiger partial charge < -0.3 is 19.7 Å². The molecule has 2 aliphatic rings. The Labute approximate surface area is 176 Å². The summed E-state index contributed by atoms with van der Waals surface area (Å²) in [5, 5.41) is 2.88. The number of methoxy groups -OCH3 is 2. The summed E-state index contributed by atoms with van der Waals surface area (Å²) in [4.78, 5) is 29.3. The second-order valence-corrected chi connectivity index (χ2v) is 7.90. The molecule has 0 fully saturated rings. The van der Waals surface area contributed by atoms with Gasteiger partial charge in [-0.1, -0.05) is 18.2 Å². The van der Waals surface area contributed by atoms with Crippen LogP contribution in [-0.2, 0) is 11.2 Å². The zero-order chi connectivity index (χ0) is 21.4. The third-order valence-corrected chi connectivity index (χ3v) is 5.62. The van der Waals surface area contributed by atoms with E-state index < -0.39 is 0 Å². The zero-order valence-electron chi connectivity index (χ0n) is 17.8. The van der Waals surface area contributed by atoms with Crippen LogP contribution in [0.2, 0.25) is 0 Å². The molecular weight excluding hydrogens is 382 g/mol. The summed E-state index contributed by atoms with van der Waals surface area (Å²) >= 11 is 0. The number of nitrogens with zero attached hydrogens (tertiary/aromatic N) is 2. The average Bonchev–Trinajstić information content (AvgIpc) is 2.74. The molecule has 30 heavy (non-hydrogen) atoms. The van der Waals surface area contributed by atoms with Crippen molar-refractivity contribution < 1.29 is 19.1 Å². The van der Waals surface area contributed by atoms with Gasteiger partial charge in [0, 0.05) is 18.2 Å². The Morgan fingerprint density at radius 2 is 1.83 bits per heavy atom. The molecule has 2 aromatic carbocycles. The van der Waals surface area contributed by atoms with Crippen molar-refractivity contribution in [3.63, 3.8) is 0 Å². The third kappa shape index (κ3) is 3.34. The minimum absolute atomic E-state index is 0.00393. The fraction of sp³-hybridized carbons (Fsp3) is 0.391. The van der Waals surface area contributed by atoms with Gasteiger partial charge in [-0.15, -0.1) is 0 Å². The van der Waals surface area contributed by atoms with Crippen LogP contribution in [0.3, 0.4) is 0 Å². The van der Waals surface area contributed by atoms with Crippen LogP contribution in [0.1, 0.15) is 36.6 Å². The molecule has 1 unspecified atom stereocenters. The lowest BCUT2D eigenvalue weighted by atomic mass is 9.85. The molecule has 2 aromatic rings. The van der Waals surface area contributed by atoms with Gasteiger partial charge >= 0.3 is 6.03 Å². The van der Waals surface area contributed by atoms with E-state index >= 15 is 0 Å². The Hall–Kier alpha value is -3.22.